The van der Waals surface area contributed by atoms with E-state index in [1.165, 1.54) is 12.1 Å². The predicted molar refractivity (Wildman–Crippen MR) is 83.5 cm³/mol. The molecule has 0 aliphatic heterocycles. The predicted octanol–water partition coefficient (Wildman–Crippen LogP) is 4.05. The number of aliphatic hydroxyl groups excluding tert-OH is 1. The van der Waals surface area contributed by atoms with Crippen LogP contribution in [-0.2, 0) is 0 Å². The highest BCUT2D eigenvalue weighted by atomic mass is 127. The summed E-state index contributed by atoms with van der Waals surface area (Å²) in [5, 5.41) is 14.8. The summed E-state index contributed by atoms with van der Waals surface area (Å²) in [6, 6.07) is 4.49. The molecule has 1 atom stereocenters. The summed E-state index contributed by atoms with van der Waals surface area (Å²) < 4.78 is 16.3. The summed E-state index contributed by atoms with van der Waals surface area (Å²) in [5.41, 5.74) is 1.35. The normalized spacial score (nSPS) is 13.0. The van der Waals surface area contributed by atoms with Crippen molar-refractivity contribution in [1.82, 2.24) is 9.78 Å². The maximum atomic E-state index is 13.1. The number of nitrogens with zero attached hydrogens (tertiary/aromatic N) is 2. The SMILES string of the molecule is CC(C)n1ncc(Br)c1C(O)c1ccc(F)cc1I. The first-order chi connectivity index (χ1) is 8.91. The maximum Gasteiger partial charge on any atom is 0.124 e. The van der Waals surface area contributed by atoms with Crippen LogP contribution in [0, 0.1) is 9.39 Å². The molecule has 0 saturated carbocycles. The molecule has 6 heteroatoms. The van der Waals surface area contributed by atoms with Gasteiger partial charge in [0.2, 0.25) is 0 Å². The highest BCUT2D eigenvalue weighted by Crippen LogP contribution is 2.32. The van der Waals surface area contributed by atoms with E-state index in [4.69, 9.17) is 0 Å². The van der Waals surface area contributed by atoms with Gasteiger partial charge in [0.25, 0.3) is 0 Å². The fourth-order valence-corrected chi connectivity index (χ4v) is 3.15. The zero-order valence-electron chi connectivity index (χ0n) is 10.4. The van der Waals surface area contributed by atoms with Crippen LogP contribution in [0.3, 0.4) is 0 Å². The van der Waals surface area contributed by atoms with Gasteiger partial charge in [0.15, 0.2) is 0 Å². The highest BCUT2D eigenvalue weighted by molar-refractivity contribution is 14.1. The lowest BCUT2D eigenvalue weighted by Gasteiger charge is -2.18. The van der Waals surface area contributed by atoms with Gasteiger partial charge in [-0.3, -0.25) is 4.68 Å². The molecule has 0 amide bonds. The number of benzene rings is 1. The minimum Gasteiger partial charge on any atom is -0.382 e. The third kappa shape index (κ3) is 3.00. The molecule has 0 aliphatic carbocycles. The molecule has 1 heterocycles. The van der Waals surface area contributed by atoms with Crippen LogP contribution in [-0.4, -0.2) is 14.9 Å². The molecule has 1 aromatic carbocycles. The monoisotopic (exact) mass is 438 g/mol. The van der Waals surface area contributed by atoms with Gasteiger partial charge >= 0.3 is 0 Å². The zero-order valence-corrected chi connectivity index (χ0v) is 14.2. The second-order valence-electron chi connectivity index (χ2n) is 4.48. The minimum atomic E-state index is -0.841. The summed E-state index contributed by atoms with van der Waals surface area (Å²) in [6.07, 6.45) is 0.821. The molecule has 102 valence electrons. The quantitative estimate of drug-likeness (QED) is 0.734. The van der Waals surface area contributed by atoms with Gasteiger partial charge in [-0.2, -0.15) is 5.10 Å². The molecule has 1 unspecified atom stereocenters. The Morgan fingerprint density at radius 1 is 1.42 bits per heavy atom. The first kappa shape index (κ1) is 14.9. The second kappa shape index (κ2) is 5.88. The molecule has 0 aliphatic rings. The molecule has 0 radical (unpaired) electrons. The lowest BCUT2D eigenvalue weighted by atomic mass is 10.1. The van der Waals surface area contributed by atoms with Gasteiger partial charge in [-0.1, -0.05) is 6.07 Å². The summed E-state index contributed by atoms with van der Waals surface area (Å²) in [5.74, 6) is -0.309. The Kier molecular flexibility index (Phi) is 4.62. The summed E-state index contributed by atoms with van der Waals surface area (Å²) in [7, 11) is 0. The minimum absolute atomic E-state index is 0.133. The van der Waals surface area contributed by atoms with E-state index < -0.39 is 6.10 Å². The van der Waals surface area contributed by atoms with Crippen molar-refractivity contribution in [1.29, 1.82) is 0 Å². The average Bonchev–Trinajstić information content (AvgIpc) is 2.70. The molecule has 1 aromatic heterocycles. The second-order valence-corrected chi connectivity index (χ2v) is 6.50. The van der Waals surface area contributed by atoms with Gasteiger partial charge < -0.3 is 5.11 Å². The van der Waals surface area contributed by atoms with E-state index in [0.717, 1.165) is 4.47 Å². The smallest absolute Gasteiger partial charge is 0.124 e. The van der Waals surface area contributed by atoms with E-state index in [2.05, 4.69) is 21.0 Å². The van der Waals surface area contributed by atoms with Crippen LogP contribution in [0.1, 0.15) is 37.3 Å². The van der Waals surface area contributed by atoms with Crippen molar-refractivity contribution >= 4 is 38.5 Å². The molecule has 1 N–H and O–H groups in total. The Bertz CT molecular complexity index is 600. The number of hydrogen-bond donors (Lipinski definition) is 1. The van der Waals surface area contributed by atoms with Crippen LogP contribution in [0.4, 0.5) is 4.39 Å². The maximum absolute atomic E-state index is 13.1. The van der Waals surface area contributed by atoms with E-state index >= 15 is 0 Å². The fraction of sp³-hybridized carbons (Fsp3) is 0.308. The average molecular weight is 439 g/mol. The Morgan fingerprint density at radius 3 is 2.68 bits per heavy atom. The number of aromatic nitrogens is 2. The molecule has 3 nitrogen and oxygen atoms in total. The molecule has 19 heavy (non-hydrogen) atoms. The Hall–Kier alpha value is -0.470. The first-order valence-corrected chi connectivity index (χ1v) is 7.65. The molecule has 0 spiro atoms. The van der Waals surface area contributed by atoms with Gasteiger partial charge in [0.05, 0.1) is 16.4 Å². The molecule has 0 saturated heterocycles. The number of halogens is 3. The number of rotatable bonds is 3. The van der Waals surface area contributed by atoms with Crippen molar-refractivity contribution in [2.45, 2.75) is 26.0 Å². The van der Waals surface area contributed by atoms with Crippen molar-refractivity contribution in [2.75, 3.05) is 0 Å². The van der Waals surface area contributed by atoms with Crippen LogP contribution in [0.5, 0.6) is 0 Å². The number of hydrogen-bond acceptors (Lipinski definition) is 2. The van der Waals surface area contributed by atoms with E-state index in [1.807, 2.05) is 36.4 Å². The number of aliphatic hydroxyl groups is 1. The van der Waals surface area contributed by atoms with Gasteiger partial charge in [0.1, 0.15) is 11.9 Å². The van der Waals surface area contributed by atoms with E-state index in [1.54, 1.807) is 16.9 Å². The largest absolute Gasteiger partial charge is 0.382 e. The van der Waals surface area contributed by atoms with Crippen LogP contribution in [0.2, 0.25) is 0 Å². The molecular formula is C13H13BrFIN2O. The van der Waals surface area contributed by atoms with E-state index in [-0.39, 0.29) is 11.9 Å². The summed E-state index contributed by atoms with van der Waals surface area (Å²) >= 11 is 5.42. The standard InChI is InChI=1S/C13H13BrFIN2O/c1-7(2)18-12(10(14)6-17-18)13(19)9-4-3-8(15)5-11(9)16/h3-7,13,19H,1-2H3. The summed E-state index contributed by atoms with van der Waals surface area (Å²) in [4.78, 5) is 0. The topological polar surface area (TPSA) is 38.0 Å². The molecular weight excluding hydrogens is 426 g/mol. The van der Waals surface area contributed by atoms with Crippen molar-refractivity contribution in [3.8, 4) is 0 Å². The van der Waals surface area contributed by atoms with Crippen molar-refractivity contribution < 1.29 is 9.50 Å². The molecule has 2 rings (SSSR count). The summed E-state index contributed by atoms with van der Waals surface area (Å²) in [6.45, 7) is 3.98. The van der Waals surface area contributed by atoms with E-state index in [9.17, 15) is 9.50 Å². The Morgan fingerprint density at radius 2 is 2.11 bits per heavy atom. The lowest BCUT2D eigenvalue weighted by molar-refractivity contribution is 0.203. The van der Waals surface area contributed by atoms with Crippen molar-refractivity contribution in [3.63, 3.8) is 0 Å². The third-order valence-electron chi connectivity index (χ3n) is 2.79. The van der Waals surface area contributed by atoms with E-state index in [0.29, 0.717) is 14.8 Å². The lowest BCUT2D eigenvalue weighted by Crippen LogP contribution is -2.13. The first-order valence-electron chi connectivity index (χ1n) is 5.77. The molecule has 0 bridgehead atoms. The van der Waals surface area contributed by atoms with Crippen LogP contribution in [0.15, 0.2) is 28.9 Å². The van der Waals surface area contributed by atoms with Crippen LogP contribution in [0.25, 0.3) is 0 Å². The van der Waals surface area contributed by atoms with Crippen LogP contribution < -0.4 is 0 Å². The van der Waals surface area contributed by atoms with Crippen molar-refractivity contribution in [2.24, 2.45) is 0 Å². The molecule has 2 aromatic rings. The Labute approximate surface area is 133 Å². The highest BCUT2D eigenvalue weighted by Gasteiger charge is 2.22. The van der Waals surface area contributed by atoms with Crippen LogP contribution >= 0.6 is 38.5 Å². The zero-order chi connectivity index (χ0) is 14.2. The van der Waals surface area contributed by atoms with Gasteiger partial charge in [0, 0.05) is 15.2 Å². The van der Waals surface area contributed by atoms with Crippen molar-refractivity contribution in [3.05, 3.63) is 49.5 Å². The van der Waals surface area contributed by atoms with Gasteiger partial charge in [-0.05, 0) is 64.5 Å². The molecule has 0 fully saturated rings. The third-order valence-corrected chi connectivity index (χ3v) is 4.34. The van der Waals surface area contributed by atoms with Gasteiger partial charge in [-0.15, -0.1) is 0 Å². The Balaban J connectivity index is 2.49. The fourth-order valence-electron chi connectivity index (χ4n) is 1.89. The van der Waals surface area contributed by atoms with Gasteiger partial charge in [-0.25, -0.2) is 4.39 Å².